The van der Waals surface area contributed by atoms with Gasteiger partial charge in [-0.25, -0.2) is 4.98 Å². The molecule has 0 spiro atoms. The lowest BCUT2D eigenvalue weighted by Gasteiger charge is -1.88. The van der Waals surface area contributed by atoms with E-state index in [-0.39, 0.29) is 0 Å². The van der Waals surface area contributed by atoms with E-state index in [0.29, 0.717) is 18.1 Å². The van der Waals surface area contributed by atoms with Crippen LogP contribution in [0.2, 0.25) is 0 Å². The van der Waals surface area contributed by atoms with Crippen LogP contribution in [0, 0.1) is 0 Å². The predicted octanol–water partition coefficient (Wildman–Crippen LogP) is 1.13. The minimum absolute atomic E-state index is 0.634. The van der Waals surface area contributed by atoms with Gasteiger partial charge in [0.05, 0.1) is 6.54 Å². The molecule has 2 rings (SSSR count). The summed E-state index contributed by atoms with van der Waals surface area (Å²) in [6, 6.07) is 5.44. The Bertz CT molecular complexity index is 422. The number of oxazole rings is 1. The fourth-order valence-corrected chi connectivity index (χ4v) is 1.22. The molecule has 0 saturated heterocycles. The van der Waals surface area contributed by atoms with Crippen LogP contribution in [-0.4, -0.2) is 12.0 Å². The molecule has 0 atom stereocenters. The van der Waals surface area contributed by atoms with Crippen LogP contribution in [0.1, 0.15) is 5.89 Å². The molecule has 1 aromatic carbocycles. The SMILES string of the molecule is CNCc1nc2cc(N)ccc2o1. The lowest BCUT2D eigenvalue weighted by molar-refractivity contribution is 0.511. The molecular formula is C9H11N3O. The second kappa shape index (κ2) is 3.06. The molecule has 4 heteroatoms. The van der Waals surface area contributed by atoms with Gasteiger partial charge in [-0.15, -0.1) is 0 Å². The molecule has 0 unspecified atom stereocenters. The summed E-state index contributed by atoms with van der Waals surface area (Å²) in [6.45, 7) is 0.634. The van der Waals surface area contributed by atoms with Crippen molar-refractivity contribution in [1.82, 2.24) is 10.3 Å². The minimum atomic E-state index is 0.634. The number of nitrogens with one attached hydrogen (secondary N) is 1. The van der Waals surface area contributed by atoms with Crippen molar-refractivity contribution in [3.05, 3.63) is 24.1 Å². The van der Waals surface area contributed by atoms with Crippen molar-refractivity contribution in [2.45, 2.75) is 6.54 Å². The Morgan fingerprint density at radius 1 is 1.54 bits per heavy atom. The number of hydrogen-bond acceptors (Lipinski definition) is 4. The first kappa shape index (κ1) is 8.07. The van der Waals surface area contributed by atoms with E-state index < -0.39 is 0 Å². The first-order valence-corrected chi connectivity index (χ1v) is 4.09. The average molecular weight is 177 g/mol. The van der Waals surface area contributed by atoms with E-state index in [1.807, 2.05) is 13.1 Å². The Morgan fingerprint density at radius 2 is 2.38 bits per heavy atom. The zero-order valence-corrected chi connectivity index (χ0v) is 7.37. The second-order valence-electron chi connectivity index (χ2n) is 2.87. The normalized spacial score (nSPS) is 10.8. The van der Waals surface area contributed by atoms with Crippen LogP contribution in [0.4, 0.5) is 5.69 Å². The maximum atomic E-state index is 5.61. The van der Waals surface area contributed by atoms with Crippen LogP contribution < -0.4 is 11.1 Å². The highest BCUT2D eigenvalue weighted by molar-refractivity contribution is 5.76. The van der Waals surface area contributed by atoms with E-state index in [1.54, 1.807) is 12.1 Å². The van der Waals surface area contributed by atoms with Crippen molar-refractivity contribution in [2.24, 2.45) is 0 Å². The smallest absolute Gasteiger partial charge is 0.209 e. The van der Waals surface area contributed by atoms with Gasteiger partial charge in [0.15, 0.2) is 5.58 Å². The van der Waals surface area contributed by atoms with E-state index in [9.17, 15) is 0 Å². The van der Waals surface area contributed by atoms with Crippen molar-refractivity contribution in [3.8, 4) is 0 Å². The van der Waals surface area contributed by atoms with Crippen molar-refractivity contribution in [1.29, 1.82) is 0 Å². The molecule has 1 heterocycles. The summed E-state index contributed by atoms with van der Waals surface area (Å²) < 4.78 is 5.43. The molecule has 1 aromatic heterocycles. The Morgan fingerprint density at radius 3 is 3.15 bits per heavy atom. The first-order chi connectivity index (χ1) is 6.29. The van der Waals surface area contributed by atoms with Crippen LogP contribution >= 0.6 is 0 Å². The van der Waals surface area contributed by atoms with E-state index in [4.69, 9.17) is 10.2 Å². The number of anilines is 1. The number of nitrogen functional groups attached to an aromatic ring is 1. The standard InChI is InChI=1S/C9H11N3O/c1-11-5-9-12-7-4-6(10)2-3-8(7)13-9/h2-4,11H,5,10H2,1H3. The molecule has 68 valence electrons. The number of hydrogen-bond donors (Lipinski definition) is 2. The summed E-state index contributed by atoms with van der Waals surface area (Å²) in [5.74, 6) is 0.683. The molecule has 3 N–H and O–H groups in total. The van der Waals surface area contributed by atoms with Crippen LogP contribution in [-0.2, 0) is 6.54 Å². The number of aromatic nitrogens is 1. The Balaban J connectivity index is 2.49. The van der Waals surface area contributed by atoms with Gasteiger partial charge >= 0.3 is 0 Å². The quantitative estimate of drug-likeness (QED) is 0.675. The summed E-state index contributed by atoms with van der Waals surface area (Å²) in [5.41, 5.74) is 7.90. The van der Waals surface area contributed by atoms with Gasteiger partial charge in [0.25, 0.3) is 0 Å². The molecule has 0 aliphatic heterocycles. The monoisotopic (exact) mass is 177 g/mol. The second-order valence-corrected chi connectivity index (χ2v) is 2.87. The fraction of sp³-hybridized carbons (Fsp3) is 0.222. The number of nitrogens with two attached hydrogens (primary N) is 1. The third-order valence-corrected chi connectivity index (χ3v) is 1.78. The van der Waals surface area contributed by atoms with E-state index in [2.05, 4.69) is 10.3 Å². The van der Waals surface area contributed by atoms with Crippen LogP contribution in [0.15, 0.2) is 22.6 Å². The average Bonchev–Trinajstić information content (AvgIpc) is 2.46. The van der Waals surface area contributed by atoms with Crippen molar-refractivity contribution in [2.75, 3.05) is 12.8 Å². The zero-order chi connectivity index (χ0) is 9.26. The highest BCUT2D eigenvalue weighted by Crippen LogP contribution is 2.17. The van der Waals surface area contributed by atoms with Gasteiger partial charge in [-0.1, -0.05) is 0 Å². The van der Waals surface area contributed by atoms with Gasteiger partial charge in [0.2, 0.25) is 5.89 Å². The number of nitrogens with zero attached hydrogens (tertiary/aromatic N) is 1. The van der Waals surface area contributed by atoms with Crippen LogP contribution in [0.25, 0.3) is 11.1 Å². The van der Waals surface area contributed by atoms with Gasteiger partial charge in [-0.2, -0.15) is 0 Å². The molecule has 0 amide bonds. The molecule has 0 bridgehead atoms. The molecule has 13 heavy (non-hydrogen) atoms. The largest absolute Gasteiger partial charge is 0.439 e. The number of rotatable bonds is 2. The molecule has 0 saturated carbocycles. The third kappa shape index (κ3) is 1.48. The molecule has 2 aromatic rings. The summed E-state index contributed by atoms with van der Waals surface area (Å²) in [7, 11) is 1.85. The summed E-state index contributed by atoms with van der Waals surface area (Å²) in [5, 5.41) is 2.97. The number of benzene rings is 1. The molecule has 4 nitrogen and oxygen atoms in total. The predicted molar refractivity (Wildman–Crippen MR) is 51.2 cm³/mol. The van der Waals surface area contributed by atoms with Gasteiger partial charge in [0.1, 0.15) is 5.52 Å². The Hall–Kier alpha value is -1.55. The van der Waals surface area contributed by atoms with Gasteiger partial charge in [-0.05, 0) is 25.2 Å². The molecule has 0 aliphatic rings. The van der Waals surface area contributed by atoms with Gasteiger partial charge in [0, 0.05) is 5.69 Å². The maximum Gasteiger partial charge on any atom is 0.209 e. The Labute approximate surface area is 75.7 Å². The van der Waals surface area contributed by atoms with Crippen LogP contribution in [0.3, 0.4) is 0 Å². The molecule has 0 aliphatic carbocycles. The molecule has 0 radical (unpaired) electrons. The Kier molecular flexibility index (Phi) is 1.90. The first-order valence-electron chi connectivity index (χ1n) is 4.09. The van der Waals surface area contributed by atoms with E-state index in [1.165, 1.54) is 0 Å². The van der Waals surface area contributed by atoms with Gasteiger partial charge in [-0.3, -0.25) is 0 Å². The lowest BCUT2D eigenvalue weighted by atomic mass is 10.3. The van der Waals surface area contributed by atoms with Crippen molar-refractivity contribution in [3.63, 3.8) is 0 Å². The summed E-state index contributed by atoms with van der Waals surface area (Å²) in [4.78, 5) is 4.25. The van der Waals surface area contributed by atoms with Crippen LogP contribution in [0.5, 0.6) is 0 Å². The number of fused-ring (bicyclic) bond motifs is 1. The zero-order valence-electron chi connectivity index (χ0n) is 7.37. The molecule has 0 fully saturated rings. The minimum Gasteiger partial charge on any atom is -0.439 e. The fourth-order valence-electron chi connectivity index (χ4n) is 1.22. The molecular weight excluding hydrogens is 166 g/mol. The third-order valence-electron chi connectivity index (χ3n) is 1.78. The van der Waals surface area contributed by atoms with E-state index in [0.717, 1.165) is 11.1 Å². The summed E-state index contributed by atoms with van der Waals surface area (Å²) >= 11 is 0. The highest BCUT2D eigenvalue weighted by Gasteiger charge is 2.03. The van der Waals surface area contributed by atoms with E-state index >= 15 is 0 Å². The topological polar surface area (TPSA) is 64.1 Å². The highest BCUT2D eigenvalue weighted by atomic mass is 16.3. The lowest BCUT2D eigenvalue weighted by Crippen LogP contribution is -2.04. The summed E-state index contributed by atoms with van der Waals surface area (Å²) in [6.07, 6.45) is 0. The van der Waals surface area contributed by atoms with Crippen molar-refractivity contribution < 1.29 is 4.42 Å². The van der Waals surface area contributed by atoms with Crippen molar-refractivity contribution >= 4 is 16.8 Å². The maximum absolute atomic E-state index is 5.61. The van der Waals surface area contributed by atoms with Gasteiger partial charge < -0.3 is 15.5 Å².